The first-order valence-electron chi connectivity index (χ1n) is 4.91. The third-order valence-electron chi connectivity index (χ3n) is 2.53. The van der Waals surface area contributed by atoms with E-state index in [0.29, 0.717) is 0 Å². The molecular weight excluding hydrogens is 172 g/mol. The number of rotatable bonds is 0. The summed E-state index contributed by atoms with van der Waals surface area (Å²) in [4.78, 5) is 4.40. The minimum absolute atomic E-state index is 0.173. The number of hydrogen-bond acceptors (Lipinski definition) is 2. The van der Waals surface area contributed by atoms with Crippen molar-refractivity contribution in [3.63, 3.8) is 0 Å². The number of allylic oxidation sites excluding steroid dienone is 1. The van der Waals surface area contributed by atoms with Crippen LogP contribution in [0.4, 0.5) is 5.82 Å². The molecule has 1 aromatic heterocycles. The van der Waals surface area contributed by atoms with Crippen LogP contribution in [0.5, 0.6) is 0 Å². The van der Waals surface area contributed by atoms with Crippen LogP contribution >= 0.6 is 0 Å². The molecule has 0 atom stereocenters. The van der Waals surface area contributed by atoms with Crippen molar-refractivity contribution in [2.45, 2.75) is 32.6 Å². The predicted octanol–water partition coefficient (Wildman–Crippen LogP) is 2.86. The summed E-state index contributed by atoms with van der Waals surface area (Å²) in [5, 5.41) is 3.17. The SMILES string of the molecule is C=C1Cc2cc(C(C)(C)C)cnc2N1. The van der Waals surface area contributed by atoms with Crippen molar-refractivity contribution in [3.8, 4) is 0 Å². The molecule has 1 aliphatic heterocycles. The van der Waals surface area contributed by atoms with Crippen LogP contribution in [-0.4, -0.2) is 4.98 Å². The quantitative estimate of drug-likeness (QED) is 0.677. The Kier molecular flexibility index (Phi) is 1.88. The smallest absolute Gasteiger partial charge is 0.133 e. The maximum Gasteiger partial charge on any atom is 0.133 e. The molecule has 0 saturated carbocycles. The van der Waals surface area contributed by atoms with Gasteiger partial charge in [0.15, 0.2) is 0 Å². The molecule has 0 amide bonds. The van der Waals surface area contributed by atoms with E-state index in [-0.39, 0.29) is 5.41 Å². The van der Waals surface area contributed by atoms with Crippen LogP contribution in [0.3, 0.4) is 0 Å². The number of hydrogen-bond donors (Lipinski definition) is 1. The zero-order chi connectivity index (χ0) is 10.3. The zero-order valence-corrected chi connectivity index (χ0v) is 9.02. The Labute approximate surface area is 85.1 Å². The lowest BCUT2D eigenvalue weighted by molar-refractivity contribution is 0.587. The number of fused-ring (bicyclic) bond motifs is 1. The van der Waals surface area contributed by atoms with Crippen molar-refractivity contribution < 1.29 is 0 Å². The van der Waals surface area contributed by atoms with Crippen molar-refractivity contribution in [3.05, 3.63) is 35.7 Å². The van der Waals surface area contributed by atoms with Crippen LogP contribution in [0.25, 0.3) is 0 Å². The van der Waals surface area contributed by atoms with Crippen LogP contribution < -0.4 is 5.32 Å². The van der Waals surface area contributed by atoms with E-state index in [1.54, 1.807) is 0 Å². The fourth-order valence-corrected chi connectivity index (χ4v) is 1.61. The Bertz CT molecular complexity index is 386. The van der Waals surface area contributed by atoms with Gasteiger partial charge in [-0.1, -0.05) is 27.4 Å². The van der Waals surface area contributed by atoms with Crippen molar-refractivity contribution >= 4 is 5.82 Å². The van der Waals surface area contributed by atoms with Crippen LogP contribution in [0.2, 0.25) is 0 Å². The van der Waals surface area contributed by atoms with Gasteiger partial charge in [0.1, 0.15) is 5.82 Å². The van der Waals surface area contributed by atoms with Crippen LogP contribution in [-0.2, 0) is 11.8 Å². The molecule has 0 radical (unpaired) electrons. The Morgan fingerprint density at radius 3 is 2.79 bits per heavy atom. The number of nitrogens with zero attached hydrogens (tertiary/aromatic N) is 1. The van der Waals surface area contributed by atoms with Crippen molar-refractivity contribution in [2.75, 3.05) is 5.32 Å². The summed E-state index contributed by atoms with van der Waals surface area (Å²) in [5.41, 5.74) is 3.76. The third kappa shape index (κ3) is 1.52. The maximum absolute atomic E-state index is 4.40. The average Bonchev–Trinajstić information content (AvgIpc) is 2.41. The predicted molar refractivity (Wildman–Crippen MR) is 59.4 cm³/mol. The first-order chi connectivity index (χ1) is 6.47. The minimum Gasteiger partial charge on any atom is -0.344 e. The largest absolute Gasteiger partial charge is 0.344 e. The van der Waals surface area contributed by atoms with Crippen LogP contribution in [0, 0.1) is 0 Å². The lowest BCUT2D eigenvalue weighted by atomic mass is 9.87. The second-order valence-electron chi connectivity index (χ2n) is 4.89. The van der Waals surface area contributed by atoms with Crippen LogP contribution in [0.15, 0.2) is 24.5 Å². The second-order valence-corrected chi connectivity index (χ2v) is 4.89. The highest BCUT2D eigenvalue weighted by Crippen LogP contribution is 2.29. The second kappa shape index (κ2) is 2.84. The van der Waals surface area contributed by atoms with Gasteiger partial charge in [-0.05, 0) is 17.0 Å². The monoisotopic (exact) mass is 188 g/mol. The van der Waals surface area contributed by atoms with Gasteiger partial charge in [-0.15, -0.1) is 0 Å². The molecule has 14 heavy (non-hydrogen) atoms. The summed E-state index contributed by atoms with van der Waals surface area (Å²) in [6, 6.07) is 2.23. The summed E-state index contributed by atoms with van der Waals surface area (Å²) >= 11 is 0. The van der Waals surface area contributed by atoms with E-state index in [9.17, 15) is 0 Å². The van der Waals surface area contributed by atoms with Gasteiger partial charge in [-0.3, -0.25) is 0 Å². The van der Waals surface area contributed by atoms with E-state index in [1.165, 1.54) is 11.1 Å². The van der Waals surface area contributed by atoms with Gasteiger partial charge in [-0.25, -0.2) is 4.98 Å². The van der Waals surface area contributed by atoms with Gasteiger partial charge in [-0.2, -0.15) is 0 Å². The van der Waals surface area contributed by atoms with E-state index in [2.05, 4.69) is 43.7 Å². The summed E-state index contributed by atoms with van der Waals surface area (Å²) in [7, 11) is 0. The molecule has 0 bridgehead atoms. The fourth-order valence-electron chi connectivity index (χ4n) is 1.61. The average molecular weight is 188 g/mol. The first-order valence-corrected chi connectivity index (χ1v) is 4.91. The Morgan fingerprint density at radius 2 is 2.14 bits per heavy atom. The number of nitrogens with one attached hydrogen (secondary N) is 1. The lowest BCUT2D eigenvalue weighted by Gasteiger charge is -2.18. The van der Waals surface area contributed by atoms with Gasteiger partial charge in [0.25, 0.3) is 0 Å². The molecule has 1 N–H and O–H groups in total. The topological polar surface area (TPSA) is 24.9 Å². The molecule has 0 spiro atoms. The van der Waals surface area contributed by atoms with Crippen molar-refractivity contribution in [1.29, 1.82) is 0 Å². The van der Waals surface area contributed by atoms with E-state index < -0.39 is 0 Å². The molecule has 2 rings (SSSR count). The Morgan fingerprint density at radius 1 is 1.43 bits per heavy atom. The molecular formula is C12H16N2. The highest BCUT2D eigenvalue weighted by molar-refractivity contribution is 5.57. The highest BCUT2D eigenvalue weighted by atomic mass is 15.0. The molecule has 0 aromatic carbocycles. The molecule has 2 heterocycles. The first kappa shape index (κ1) is 9.25. The van der Waals surface area contributed by atoms with Crippen molar-refractivity contribution in [2.24, 2.45) is 0 Å². The molecule has 1 aromatic rings. The molecule has 2 heteroatoms. The Hall–Kier alpha value is -1.31. The molecule has 0 aliphatic carbocycles. The van der Waals surface area contributed by atoms with Gasteiger partial charge in [0.2, 0.25) is 0 Å². The fraction of sp³-hybridized carbons (Fsp3) is 0.417. The van der Waals surface area contributed by atoms with E-state index in [1.807, 2.05) is 6.20 Å². The van der Waals surface area contributed by atoms with E-state index in [4.69, 9.17) is 0 Å². The standard InChI is InChI=1S/C12H16N2/c1-8-5-9-6-10(12(2,3)4)7-13-11(9)14-8/h6-7H,1,5H2,2-4H3,(H,13,14). The summed E-state index contributed by atoms with van der Waals surface area (Å²) < 4.78 is 0. The minimum atomic E-state index is 0.173. The zero-order valence-electron chi connectivity index (χ0n) is 9.02. The van der Waals surface area contributed by atoms with Gasteiger partial charge >= 0.3 is 0 Å². The highest BCUT2D eigenvalue weighted by Gasteiger charge is 2.19. The molecule has 74 valence electrons. The molecule has 2 nitrogen and oxygen atoms in total. The summed E-state index contributed by atoms with van der Waals surface area (Å²) in [5.74, 6) is 0.975. The normalized spacial score (nSPS) is 15.2. The Balaban J connectivity index is 2.43. The van der Waals surface area contributed by atoms with Crippen LogP contribution in [0.1, 0.15) is 31.9 Å². The lowest BCUT2D eigenvalue weighted by Crippen LogP contribution is -2.11. The number of aromatic nitrogens is 1. The molecule has 0 saturated heterocycles. The third-order valence-corrected chi connectivity index (χ3v) is 2.53. The molecule has 0 unspecified atom stereocenters. The molecule has 0 fully saturated rings. The summed E-state index contributed by atoms with van der Waals surface area (Å²) in [6.07, 6.45) is 2.86. The number of anilines is 1. The van der Waals surface area contributed by atoms with E-state index >= 15 is 0 Å². The van der Waals surface area contributed by atoms with Gasteiger partial charge in [0.05, 0.1) is 0 Å². The van der Waals surface area contributed by atoms with Gasteiger partial charge < -0.3 is 5.32 Å². The summed E-state index contributed by atoms with van der Waals surface area (Å²) in [6.45, 7) is 10.5. The van der Waals surface area contributed by atoms with Gasteiger partial charge in [0, 0.05) is 23.9 Å². The van der Waals surface area contributed by atoms with E-state index in [0.717, 1.165) is 17.9 Å². The maximum atomic E-state index is 4.40. The number of pyridine rings is 1. The molecule has 1 aliphatic rings. The van der Waals surface area contributed by atoms with Crippen molar-refractivity contribution in [1.82, 2.24) is 4.98 Å².